The smallest absolute Gasteiger partial charge is 0.408 e. The van der Waals surface area contributed by atoms with Crippen LogP contribution in [0.1, 0.15) is 53.1 Å². The molecule has 1 rings (SSSR count). The summed E-state index contributed by atoms with van der Waals surface area (Å²) in [6.07, 6.45) is -0.955. The van der Waals surface area contributed by atoms with E-state index in [-0.39, 0.29) is 6.04 Å². The molecule has 5 nitrogen and oxygen atoms in total. The zero-order chi connectivity index (χ0) is 17.8. The van der Waals surface area contributed by atoms with Crippen molar-refractivity contribution in [2.75, 3.05) is 13.2 Å². The number of carboxylic acid groups (broad SMARTS) is 1. The van der Waals surface area contributed by atoms with Gasteiger partial charge in [-0.3, -0.25) is 4.90 Å². The van der Waals surface area contributed by atoms with Gasteiger partial charge in [0.1, 0.15) is 16.0 Å². The van der Waals surface area contributed by atoms with Gasteiger partial charge in [0.2, 0.25) is 0 Å². The first-order valence-electron chi connectivity index (χ1n) is 7.74. The predicted molar refractivity (Wildman–Crippen MR) is 94.5 cm³/mol. The highest BCUT2D eigenvalue weighted by Crippen LogP contribution is 2.40. The fourth-order valence-electron chi connectivity index (χ4n) is 2.54. The minimum Gasteiger partial charge on any atom is -0.493 e. The second-order valence-corrected chi connectivity index (χ2v) is 6.99. The number of hydrogen-bond donors (Lipinski definition) is 1. The molecule has 1 amide bonds. The Hall–Kier alpha value is -1.43. The van der Waals surface area contributed by atoms with Gasteiger partial charge in [-0.25, -0.2) is 4.79 Å². The van der Waals surface area contributed by atoms with Crippen LogP contribution in [-0.2, 0) is 0 Å². The van der Waals surface area contributed by atoms with Gasteiger partial charge in [-0.2, -0.15) is 0 Å². The third-order valence-corrected chi connectivity index (χ3v) is 4.21. The molecule has 0 aliphatic rings. The van der Waals surface area contributed by atoms with Crippen molar-refractivity contribution in [1.29, 1.82) is 0 Å². The molecule has 0 aromatic heterocycles. The van der Waals surface area contributed by atoms with Crippen LogP contribution in [0.5, 0.6) is 11.5 Å². The van der Waals surface area contributed by atoms with Crippen LogP contribution in [0.3, 0.4) is 0 Å². The summed E-state index contributed by atoms with van der Waals surface area (Å²) in [5.74, 6) is 1.30. The molecule has 0 unspecified atom stereocenters. The maximum atomic E-state index is 11.7. The summed E-state index contributed by atoms with van der Waals surface area (Å²) in [6.45, 7) is 12.3. The van der Waals surface area contributed by atoms with Crippen LogP contribution in [0.4, 0.5) is 4.79 Å². The van der Waals surface area contributed by atoms with Crippen LogP contribution in [0.25, 0.3) is 0 Å². The molecule has 0 saturated heterocycles. The summed E-state index contributed by atoms with van der Waals surface area (Å²) < 4.78 is 12.0. The van der Waals surface area contributed by atoms with Gasteiger partial charge in [0.25, 0.3) is 0 Å². The average Bonchev–Trinajstić information content (AvgIpc) is 2.41. The summed E-state index contributed by atoms with van der Waals surface area (Å²) in [4.78, 5) is 13.1. The lowest BCUT2D eigenvalue weighted by Crippen LogP contribution is -2.46. The molecule has 0 aliphatic carbocycles. The van der Waals surface area contributed by atoms with Gasteiger partial charge in [0.05, 0.1) is 19.3 Å². The van der Waals surface area contributed by atoms with Gasteiger partial charge in [0, 0.05) is 5.54 Å². The lowest BCUT2D eigenvalue weighted by atomic mass is 9.99. The largest absolute Gasteiger partial charge is 0.493 e. The molecule has 0 aliphatic heterocycles. The van der Waals surface area contributed by atoms with E-state index in [0.717, 1.165) is 10.0 Å². The molecule has 6 heteroatoms. The normalized spacial score (nSPS) is 12.7. The van der Waals surface area contributed by atoms with Crippen molar-refractivity contribution >= 4 is 22.0 Å². The molecular weight excluding hydrogens is 362 g/mol. The van der Waals surface area contributed by atoms with Crippen LogP contribution in [0.15, 0.2) is 16.6 Å². The zero-order valence-electron chi connectivity index (χ0n) is 14.6. The van der Waals surface area contributed by atoms with Crippen molar-refractivity contribution in [2.24, 2.45) is 0 Å². The molecule has 1 N–H and O–H groups in total. The number of halogens is 1. The van der Waals surface area contributed by atoms with E-state index in [9.17, 15) is 9.90 Å². The first-order chi connectivity index (χ1) is 10.6. The molecule has 0 heterocycles. The number of hydrogen-bond acceptors (Lipinski definition) is 3. The highest BCUT2D eigenvalue weighted by Gasteiger charge is 2.32. The van der Waals surface area contributed by atoms with Gasteiger partial charge in [0.15, 0.2) is 0 Å². The minimum absolute atomic E-state index is 0.334. The van der Waals surface area contributed by atoms with Crippen LogP contribution in [0.2, 0.25) is 0 Å². The molecule has 23 heavy (non-hydrogen) atoms. The van der Waals surface area contributed by atoms with Gasteiger partial charge in [-0.05, 0) is 75.2 Å². The Labute approximate surface area is 146 Å². The maximum Gasteiger partial charge on any atom is 0.408 e. The van der Waals surface area contributed by atoms with Gasteiger partial charge < -0.3 is 14.6 Å². The zero-order valence-corrected chi connectivity index (χ0v) is 16.2. The van der Waals surface area contributed by atoms with Gasteiger partial charge >= 0.3 is 6.09 Å². The Bertz CT molecular complexity index is 527. The molecule has 1 aromatic rings. The Balaban J connectivity index is 3.36. The summed E-state index contributed by atoms with van der Waals surface area (Å²) in [5, 5.41) is 9.59. The molecule has 1 atom stereocenters. The van der Waals surface area contributed by atoms with E-state index in [1.807, 2.05) is 53.7 Å². The third kappa shape index (κ3) is 4.77. The van der Waals surface area contributed by atoms with E-state index < -0.39 is 11.6 Å². The average molecular weight is 388 g/mol. The van der Waals surface area contributed by atoms with E-state index in [1.54, 1.807) is 0 Å². The standard InChI is InChI=1S/C17H26BrNO4/c1-7-22-13-9-12(10-14(15(13)18)23-8-2)11(3)19(16(20)21)17(4,5)6/h9-11H,7-8H2,1-6H3,(H,20,21)/t11-/m1/s1. The van der Waals surface area contributed by atoms with Crippen LogP contribution in [-0.4, -0.2) is 34.9 Å². The van der Waals surface area contributed by atoms with Crippen LogP contribution in [0, 0.1) is 0 Å². The number of carbonyl (C=O) groups is 1. The second-order valence-electron chi connectivity index (χ2n) is 6.20. The van der Waals surface area contributed by atoms with Crippen molar-refractivity contribution in [3.8, 4) is 11.5 Å². The van der Waals surface area contributed by atoms with Crippen LogP contribution >= 0.6 is 15.9 Å². The Morgan fingerprint density at radius 1 is 1.22 bits per heavy atom. The lowest BCUT2D eigenvalue weighted by Gasteiger charge is -2.38. The summed E-state index contributed by atoms with van der Waals surface area (Å²) in [7, 11) is 0. The van der Waals surface area contributed by atoms with Crippen molar-refractivity contribution in [2.45, 2.75) is 53.1 Å². The van der Waals surface area contributed by atoms with Gasteiger partial charge in [-0.15, -0.1) is 0 Å². The van der Waals surface area contributed by atoms with Gasteiger partial charge in [-0.1, -0.05) is 0 Å². The number of nitrogens with zero attached hydrogens (tertiary/aromatic N) is 1. The monoisotopic (exact) mass is 387 g/mol. The first-order valence-corrected chi connectivity index (χ1v) is 8.54. The van der Waals surface area contributed by atoms with E-state index >= 15 is 0 Å². The molecule has 1 aromatic carbocycles. The fraction of sp³-hybridized carbons (Fsp3) is 0.588. The Morgan fingerprint density at radius 2 is 1.65 bits per heavy atom. The SMILES string of the molecule is CCOc1cc([C@@H](C)N(C(=O)O)C(C)(C)C)cc(OCC)c1Br. The lowest BCUT2D eigenvalue weighted by molar-refractivity contribution is 0.0751. The van der Waals surface area contributed by atoms with Crippen molar-refractivity contribution < 1.29 is 19.4 Å². The molecule has 0 saturated carbocycles. The molecule has 0 spiro atoms. The second kappa shape index (κ2) is 7.90. The fourth-order valence-corrected chi connectivity index (χ4v) is 3.00. The number of amides is 1. The van der Waals surface area contributed by atoms with E-state index in [2.05, 4.69) is 15.9 Å². The molecule has 0 fully saturated rings. The first kappa shape index (κ1) is 19.6. The number of benzene rings is 1. The molecule has 0 radical (unpaired) electrons. The molecular formula is C17H26BrNO4. The maximum absolute atomic E-state index is 11.7. The summed E-state index contributed by atoms with van der Waals surface area (Å²) >= 11 is 3.49. The van der Waals surface area contributed by atoms with Crippen LogP contribution < -0.4 is 9.47 Å². The van der Waals surface area contributed by atoms with E-state index in [1.165, 1.54) is 4.90 Å². The summed E-state index contributed by atoms with van der Waals surface area (Å²) in [5.41, 5.74) is 0.313. The highest BCUT2D eigenvalue weighted by atomic mass is 79.9. The Morgan fingerprint density at radius 3 is 1.96 bits per heavy atom. The minimum atomic E-state index is -0.955. The van der Waals surface area contributed by atoms with E-state index in [4.69, 9.17) is 9.47 Å². The predicted octanol–water partition coefficient (Wildman–Crippen LogP) is 5.09. The van der Waals surface area contributed by atoms with Crippen molar-refractivity contribution in [3.05, 3.63) is 22.2 Å². The number of rotatable bonds is 6. The van der Waals surface area contributed by atoms with Crippen molar-refractivity contribution in [1.82, 2.24) is 4.90 Å². The van der Waals surface area contributed by atoms with E-state index in [0.29, 0.717) is 24.7 Å². The quantitative estimate of drug-likeness (QED) is 0.738. The number of ether oxygens (including phenoxy) is 2. The summed E-state index contributed by atoms with van der Waals surface area (Å²) in [6, 6.07) is 3.39. The molecule has 130 valence electrons. The third-order valence-electron chi connectivity index (χ3n) is 3.43. The highest BCUT2D eigenvalue weighted by molar-refractivity contribution is 9.10. The topological polar surface area (TPSA) is 59.0 Å². The van der Waals surface area contributed by atoms with Crippen molar-refractivity contribution in [3.63, 3.8) is 0 Å². The molecule has 0 bridgehead atoms. The Kier molecular flexibility index (Phi) is 6.74.